The maximum absolute atomic E-state index is 12.7. The summed E-state index contributed by atoms with van der Waals surface area (Å²) in [7, 11) is 0. The minimum absolute atomic E-state index is 0.102. The maximum atomic E-state index is 12.7. The number of ether oxygens (including phenoxy) is 1. The van der Waals surface area contributed by atoms with Crippen LogP contribution in [0, 0.1) is 6.92 Å². The van der Waals surface area contributed by atoms with E-state index in [1.54, 1.807) is 0 Å². The van der Waals surface area contributed by atoms with Crippen molar-refractivity contribution < 1.29 is 9.53 Å². The molecule has 6 nitrogen and oxygen atoms in total. The Bertz CT molecular complexity index is 755. The van der Waals surface area contributed by atoms with Crippen molar-refractivity contribution in [3.63, 3.8) is 0 Å². The van der Waals surface area contributed by atoms with E-state index in [2.05, 4.69) is 9.88 Å². The fourth-order valence-electron chi connectivity index (χ4n) is 3.08. The van der Waals surface area contributed by atoms with Gasteiger partial charge in [-0.2, -0.15) is 0 Å². The number of fused-ring (bicyclic) bond motifs is 1. The summed E-state index contributed by atoms with van der Waals surface area (Å²) in [6.45, 7) is 6.35. The van der Waals surface area contributed by atoms with Crippen LogP contribution in [0.4, 0.5) is 5.95 Å². The standard InChI is InChI=1S/C17H20N4O2S/c1-12-8-15(24-11-12)16(22)21-3-2-13-9-18-17(19-14(13)10-21)20-4-6-23-7-5-20/h8-9,11H,2-7,10H2,1H3. The fourth-order valence-corrected chi connectivity index (χ4v) is 3.95. The molecule has 2 aliphatic rings. The first kappa shape index (κ1) is 15.5. The summed E-state index contributed by atoms with van der Waals surface area (Å²) >= 11 is 1.51. The summed E-state index contributed by atoms with van der Waals surface area (Å²) in [5.41, 5.74) is 3.26. The topological polar surface area (TPSA) is 58.6 Å². The van der Waals surface area contributed by atoms with E-state index < -0.39 is 0 Å². The Kier molecular flexibility index (Phi) is 4.20. The minimum atomic E-state index is 0.102. The number of hydrogen-bond acceptors (Lipinski definition) is 6. The van der Waals surface area contributed by atoms with Crippen LogP contribution in [0.5, 0.6) is 0 Å². The number of anilines is 1. The van der Waals surface area contributed by atoms with Crippen LogP contribution >= 0.6 is 11.3 Å². The van der Waals surface area contributed by atoms with Gasteiger partial charge in [0.15, 0.2) is 0 Å². The molecule has 0 saturated carbocycles. The molecule has 0 atom stereocenters. The average molecular weight is 344 g/mol. The molecule has 126 valence electrons. The lowest BCUT2D eigenvalue weighted by Crippen LogP contribution is -2.39. The zero-order valence-electron chi connectivity index (χ0n) is 13.7. The van der Waals surface area contributed by atoms with Gasteiger partial charge in [-0.3, -0.25) is 4.79 Å². The Balaban J connectivity index is 1.53. The van der Waals surface area contributed by atoms with Gasteiger partial charge in [0, 0.05) is 25.8 Å². The van der Waals surface area contributed by atoms with Crippen molar-refractivity contribution in [2.24, 2.45) is 0 Å². The van der Waals surface area contributed by atoms with Gasteiger partial charge in [-0.25, -0.2) is 9.97 Å². The highest BCUT2D eigenvalue weighted by molar-refractivity contribution is 7.12. The van der Waals surface area contributed by atoms with Crippen LogP contribution in [0.2, 0.25) is 0 Å². The number of aromatic nitrogens is 2. The molecular weight excluding hydrogens is 324 g/mol. The number of carbonyl (C=O) groups excluding carboxylic acids is 1. The first-order chi connectivity index (χ1) is 11.7. The zero-order chi connectivity index (χ0) is 16.5. The fraction of sp³-hybridized carbons (Fsp3) is 0.471. The van der Waals surface area contributed by atoms with E-state index in [1.807, 2.05) is 29.5 Å². The molecule has 1 saturated heterocycles. The minimum Gasteiger partial charge on any atom is -0.378 e. The lowest BCUT2D eigenvalue weighted by molar-refractivity contribution is 0.0736. The summed E-state index contributed by atoms with van der Waals surface area (Å²) in [6, 6.07) is 1.96. The van der Waals surface area contributed by atoms with Crippen LogP contribution in [0.1, 0.15) is 26.5 Å². The van der Waals surface area contributed by atoms with Crippen LogP contribution in [-0.2, 0) is 17.7 Å². The molecule has 0 N–H and O–H groups in total. The predicted octanol–water partition coefficient (Wildman–Crippen LogP) is 1.88. The number of carbonyl (C=O) groups is 1. The van der Waals surface area contributed by atoms with E-state index in [4.69, 9.17) is 9.72 Å². The van der Waals surface area contributed by atoms with Crippen molar-refractivity contribution in [2.45, 2.75) is 19.9 Å². The summed E-state index contributed by atoms with van der Waals surface area (Å²) in [4.78, 5) is 26.8. The van der Waals surface area contributed by atoms with Gasteiger partial charge in [0.2, 0.25) is 5.95 Å². The van der Waals surface area contributed by atoms with E-state index in [0.29, 0.717) is 19.8 Å². The van der Waals surface area contributed by atoms with E-state index in [0.717, 1.165) is 53.7 Å². The third-order valence-corrected chi connectivity index (χ3v) is 5.49. The molecule has 0 unspecified atom stereocenters. The third-order valence-electron chi connectivity index (χ3n) is 4.46. The lowest BCUT2D eigenvalue weighted by atomic mass is 10.1. The molecular formula is C17H20N4O2S. The van der Waals surface area contributed by atoms with Crippen molar-refractivity contribution in [3.8, 4) is 0 Å². The zero-order valence-corrected chi connectivity index (χ0v) is 14.5. The van der Waals surface area contributed by atoms with Crippen LogP contribution in [0.15, 0.2) is 17.6 Å². The molecule has 0 spiro atoms. The second-order valence-corrected chi connectivity index (χ2v) is 7.12. The van der Waals surface area contributed by atoms with Crippen LogP contribution in [-0.4, -0.2) is 53.6 Å². The predicted molar refractivity (Wildman–Crippen MR) is 92.6 cm³/mol. The molecule has 1 fully saturated rings. The van der Waals surface area contributed by atoms with Gasteiger partial charge in [-0.15, -0.1) is 11.3 Å². The summed E-state index contributed by atoms with van der Waals surface area (Å²) < 4.78 is 5.38. The van der Waals surface area contributed by atoms with Crippen molar-refractivity contribution in [1.29, 1.82) is 0 Å². The van der Waals surface area contributed by atoms with Crippen molar-refractivity contribution in [1.82, 2.24) is 14.9 Å². The lowest BCUT2D eigenvalue weighted by Gasteiger charge is -2.30. The molecule has 0 bridgehead atoms. The van der Waals surface area contributed by atoms with Gasteiger partial charge in [0.05, 0.1) is 30.3 Å². The smallest absolute Gasteiger partial charge is 0.264 e. The Morgan fingerprint density at radius 2 is 2.12 bits per heavy atom. The molecule has 24 heavy (non-hydrogen) atoms. The van der Waals surface area contributed by atoms with E-state index in [-0.39, 0.29) is 5.91 Å². The van der Waals surface area contributed by atoms with Gasteiger partial charge in [-0.1, -0.05) is 0 Å². The largest absolute Gasteiger partial charge is 0.378 e. The quantitative estimate of drug-likeness (QED) is 0.833. The Morgan fingerprint density at radius 3 is 2.88 bits per heavy atom. The van der Waals surface area contributed by atoms with Gasteiger partial charge < -0.3 is 14.5 Å². The highest BCUT2D eigenvalue weighted by Gasteiger charge is 2.25. The van der Waals surface area contributed by atoms with Crippen molar-refractivity contribution in [3.05, 3.63) is 39.3 Å². The first-order valence-electron chi connectivity index (χ1n) is 8.22. The monoisotopic (exact) mass is 344 g/mol. The summed E-state index contributed by atoms with van der Waals surface area (Å²) in [6.07, 6.45) is 2.74. The molecule has 2 aromatic heterocycles. The molecule has 4 rings (SSSR count). The van der Waals surface area contributed by atoms with Gasteiger partial charge >= 0.3 is 0 Å². The second-order valence-electron chi connectivity index (χ2n) is 6.21. The Hall–Kier alpha value is -1.99. The SMILES string of the molecule is Cc1csc(C(=O)N2CCc3cnc(N4CCOCC4)nc3C2)c1. The Morgan fingerprint density at radius 1 is 1.29 bits per heavy atom. The number of hydrogen-bond donors (Lipinski definition) is 0. The number of rotatable bonds is 2. The molecule has 7 heteroatoms. The number of amides is 1. The normalized spacial score (nSPS) is 17.7. The van der Waals surface area contributed by atoms with E-state index >= 15 is 0 Å². The van der Waals surface area contributed by atoms with Crippen LogP contribution < -0.4 is 4.90 Å². The molecule has 2 aliphatic heterocycles. The van der Waals surface area contributed by atoms with E-state index in [1.165, 1.54) is 11.3 Å². The van der Waals surface area contributed by atoms with Crippen LogP contribution in [0.3, 0.4) is 0 Å². The summed E-state index contributed by atoms with van der Waals surface area (Å²) in [5.74, 6) is 0.851. The van der Waals surface area contributed by atoms with E-state index in [9.17, 15) is 4.79 Å². The molecule has 0 aromatic carbocycles. The van der Waals surface area contributed by atoms with Gasteiger partial charge in [-0.05, 0) is 35.9 Å². The molecule has 2 aromatic rings. The molecule has 4 heterocycles. The number of thiophene rings is 1. The maximum Gasteiger partial charge on any atom is 0.264 e. The van der Waals surface area contributed by atoms with Crippen LogP contribution in [0.25, 0.3) is 0 Å². The Labute approximate surface area is 145 Å². The number of nitrogens with zero attached hydrogens (tertiary/aromatic N) is 4. The summed E-state index contributed by atoms with van der Waals surface area (Å²) in [5, 5.41) is 2.02. The third kappa shape index (κ3) is 3.01. The highest BCUT2D eigenvalue weighted by atomic mass is 32.1. The molecule has 0 radical (unpaired) electrons. The second kappa shape index (κ2) is 6.49. The highest BCUT2D eigenvalue weighted by Crippen LogP contribution is 2.23. The number of morpholine rings is 1. The molecule has 1 amide bonds. The average Bonchev–Trinajstić information content (AvgIpc) is 3.07. The number of aryl methyl sites for hydroxylation is 1. The van der Waals surface area contributed by atoms with Crippen molar-refractivity contribution >= 4 is 23.2 Å². The van der Waals surface area contributed by atoms with Gasteiger partial charge in [0.25, 0.3) is 5.91 Å². The van der Waals surface area contributed by atoms with Gasteiger partial charge in [0.1, 0.15) is 0 Å². The first-order valence-corrected chi connectivity index (χ1v) is 9.10. The van der Waals surface area contributed by atoms with Crippen molar-refractivity contribution in [2.75, 3.05) is 37.7 Å². The molecule has 0 aliphatic carbocycles.